The second-order valence-corrected chi connectivity index (χ2v) is 12.3. The highest BCUT2D eigenvalue weighted by Gasteiger charge is 2.41. The van der Waals surface area contributed by atoms with Gasteiger partial charge in [-0.2, -0.15) is 0 Å². The van der Waals surface area contributed by atoms with Crippen molar-refractivity contribution in [3.63, 3.8) is 0 Å². The number of benzene rings is 2. The quantitative estimate of drug-likeness (QED) is 0.410. The number of amides is 1. The molecule has 1 aliphatic carbocycles. The van der Waals surface area contributed by atoms with Crippen molar-refractivity contribution in [2.24, 2.45) is 5.41 Å². The summed E-state index contributed by atoms with van der Waals surface area (Å²) in [5.41, 5.74) is 0.411. The van der Waals surface area contributed by atoms with Gasteiger partial charge in [0.05, 0.1) is 15.5 Å². The highest BCUT2D eigenvalue weighted by molar-refractivity contribution is 8.00. The van der Waals surface area contributed by atoms with Crippen LogP contribution in [0.25, 0.3) is 0 Å². The van der Waals surface area contributed by atoms with Crippen LogP contribution in [0.1, 0.15) is 58.4 Å². The molecule has 0 radical (unpaired) electrons. The third kappa shape index (κ3) is 5.22. The smallest absolute Gasteiger partial charge is 0.232 e. The molecule has 7 heteroatoms. The number of ether oxygens (including phenoxy) is 1. The number of rotatable bonds is 5. The van der Waals surface area contributed by atoms with Crippen LogP contribution in [0.3, 0.4) is 0 Å². The Kier molecular flexibility index (Phi) is 7.35. The predicted molar refractivity (Wildman–Crippen MR) is 135 cm³/mol. The summed E-state index contributed by atoms with van der Waals surface area (Å²) >= 11 is 14.5. The van der Waals surface area contributed by atoms with Crippen molar-refractivity contribution in [1.29, 1.82) is 0 Å². The first kappa shape index (κ1) is 24.8. The van der Waals surface area contributed by atoms with Crippen molar-refractivity contribution in [1.82, 2.24) is 0 Å². The summed E-state index contributed by atoms with van der Waals surface area (Å²) in [5.74, 6) is -0.540. The monoisotopic (exact) mass is 509 g/mol. The first-order chi connectivity index (χ1) is 15.6. The van der Waals surface area contributed by atoms with Gasteiger partial charge in [0.15, 0.2) is 0 Å². The fourth-order valence-corrected chi connectivity index (χ4v) is 6.15. The van der Waals surface area contributed by atoms with E-state index in [1.165, 1.54) is 0 Å². The molecule has 33 heavy (non-hydrogen) atoms. The van der Waals surface area contributed by atoms with Gasteiger partial charge in [-0.25, -0.2) is 4.39 Å². The molecule has 178 valence electrons. The summed E-state index contributed by atoms with van der Waals surface area (Å²) in [5, 5.41) is 0.968. The third-order valence-corrected chi connectivity index (χ3v) is 8.59. The Labute approximate surface area is 210 Å². The van der Waals surface area contributed by atoms with Crippen LogP contribution in [0.2, 0.25) is 10.0 Å². The van der Waals surface area contributed by atoms with Gasteiger partial charge in [-0.05, 0) is 74.1 Å². The number of anilines is 1. The van der Waals surface area contributed by atoms with Gasteiger partial charge in [-0.15, -0.1) is 11.8 Å². The lowest BCUT2D eigenvalue weighted by atomic mass is 9.86. The van der Waals surface area contributed by atoms with Crippen LogP contribution in [0, 0.1) is 11.2 Å². The van der Waals surface area contributed by atoms with E-state index in [0.717, 1.165) is 42.6 Å². The van der Waals surface area contributed by atoms with Crippen molar-refractivity contribution >= 4 is 46.6 Å². The summed E-state index contributed by atoms with van der Waals surface area (Å²) in [6.07, 6.45) is 4.25. The number of carbonyl (C=O) groups excluding carboxylic acids is 1. The van der Waals surface area contributed by atoms with Crippen LogP contribution in [0.4, 0.5) is 10.1 Å². The molecule has 2 fully saturated rings. The number of carbonyl (C=O) groups is 1. The molecule has 1 amide bonds. The van der Waals surface area contributed by atoms with Gasteiger partial charge >= 0.3 is 0 Å². The zero-order chi connectivity index (χ0) is 23.8. The second kappa shape index (κ2) is 9.77. The van der Waals surface area contributed by atoms with E-state index in [9.17, 15) is 4.79 Å². The van der Waals surface area contributed by atoms with Crippen LogP contribution in [0.15, 0.2) is 41.3 Å². The first-order valence-electron chi connectivity index (χ1n) is 11.5. The number of halogens is 3. The number of hydrogen-bond donors (Lipinski definition) is 0. The average Bonchev–Trinajstić information content (AvgIpc) is 2.72. The fourth-order valence-electron chi connectivity index (χ4n) is 4.39. The van der Waals surface area contributed by atoms with Gasteiger partial charge in [0.2, 0.25) is 5.91 Å². The van der Waals surface area contributed by atoms with Crippen LogP contribution >= 0.6 is 35.0 Å². The molecule has 4 rings (SSSR count). The van der Waals surface area contributed by atoms with E-state index < -0.39 is 11.2 Å². The third-order valence-electron chi connectivity index (χ3n) is 6.51. The van der Waals surface area contributed by atoms with E-state index in [-0.39, 0.29) is 27.4 Å². The highest BCUT2D eigenvalue weighted by atomic mass is 35.5. The Morgan fingerprint density at radius 2 is 1.76 bits per heavy atom. The lowest BCUT2D eigenvalue weighted by Gasteiger charge is -2.42. The first-order valence-corrected chi connectivity index (χ1v) is 13.0. The minimum atomic E-state index is -0.629. The van der Waals surface area contributed by atoms with Gasteiger partial charge in [0, 0.05) is 34.6 Å². The second-order valence-electron chi connectivity index (χ2n) is 9.96. The van der Waals surface area contributed by atoms with Gasteiger partial charge < -0.3 is 9.64 Å². The van der Waals surface area contributed by atoms with Crippen LogP contribution in [0.5, 0.6) is 0 Å². The lowest BCUT2D eigenvalue weighted by Crippen LogP contribution is -2.49. The number of hydrogen-bond acceptors (Lipinski definition) is 3. The minimum Gasteiger partial charge on any atom is -0.381 e. The number of nitrogens with zero attached hydrogens (tertiary/aromatic N) is 1. The molecule has 2 aromatic carbocycles. The normalized spacial score (nSPS) is 18.6. The van der Waals surface area contributed by atoms with Gasteiger partial charge in [-0.3, -0.25) is 4.79 Å². The van der Waals surface area contributed by atoms with E-state index in [2.05, 4.69) is 0 Å². The van der Waals surface area contributed by atoms with E-state index in [0.29, 0.717) is 18.2 Å². The van der Waals surface area contributed by atoms with E-state index in [1.807, 2.05) is 51.1 Å². The molecule has 0 spiro atoms. The van der Waals surface area contributed by atoms with Crippen LogP contribution in [-0.2, 0) is 14.3 Å². The molecule has 2 aromatic rings. The Morgan fingerprint density at radius 3 is 2.27 bits per heavy atom. The fraction of sp³-hybridized carbons (Fsp3) is 0.500. The van der Waals surface area contributed by atoms with Gasteiger partial charge in [0.1, 0.15) is 5.82 Å². The maximum atomic E-state index is 15.8. The molecule has 1 saturated heterocycles. The van der Waals surface area contributed by atoms with Crippen molar-refractivity contribution in [2.75, 3.05) is 18.1 Å². The summed E-state index contributed by atoms with van der Waals surface area (Å²) in [6.45, 7) is 6.78. The van der Waals surface area contributed by atoms with Crippen molar-refractivity contribution in [2.45, 2.75) is 68.6 Å². The Morgan fingerprint density at radius 1 is 1.12 bits per heavy atom. The Bertz CT molecular complexity index is 989. The maximum Gasteiger partial charge on any atom is 0.232 e. The van der Waals surface area contributed by atoms with Crippen molar-refractivity contribution < 1.29 is 13.9 Å². The Balaban J connectivity index is 1.74. The van der Waals surface area contributed by atoms with Crippen LogP contribution in [-0.4, -0.2) is 25.2 Å². The average molecular weight is 511 g/mol. The van der Waals surface area contributed by atoms with Crippen LogP contribution < -0.4 is 4.90 Å². The molecular formula is C26H30Cl2FNO2S. The molecule has 1 aliphatic heterocycles. The molecule has 0 unspecified atom stereocenters. The molecular weight excluding hydrogens is 480 g/mol. The highest BCUT2D eigenvalue weighted by Crippen LogP contribution is 2.51. The topological polar surface area (TPSA) is 29.5 Å². The Hall–Kier alpha value is -1.27. The molecule has 0 N–H and O–H groups in total. The SMILES string of the molecule is CC(C)(C)C(=O)N(c1c(F)cc(C2(Sc3ccc(Cl)cc3)CCOCC2)cc1Cl)C1CCC1. The predicted octanol–water partition coefficient (Wildman–Crippen LogP) is 7.86. The van der Waals surface area contributed by atoms with Crippen molar-refractivity contribution in [3.8, 4) is 0 Å². The summed E-state index contributed by atoms with van der Waals surface area (Å²) in [6, 6.07) is 11.1. The maximum absolute atomic E-state index is 15.8. The zero-order valence-corrected chi connectivity index (χ0v) is 21.6. The number of thioether (sulfide) groups is 1. The molecule has 0 bridgehead atoms. The molecule has 0 atom stereocenters. The summed E-state index contributed by atoms with van der Waals surface area (Å²) < 4.78 is 21.1. The van der Waals surface area contributed by atoms with E-state index >= 15 is 4.39 Å². The van der Waals surface area contributed by atoms with E-state index in [1.54, 1.807) is 22.7 Å². The molecule has 2 aliphatic rings. The molecule has 1 heterocycles. The largest absolute Gasteiger partial charge is 0.381 e. The minimum absolute atomic E-state index is 0.00458. The molecule has 1 saturated carbocycles. The summed E-state index contributed by atoms with van der Waals surface area (Å²) in [4.78, 5) is 16.0. The van der Waals surface area contributed by atoms with Gasteiger partial charge in [-0.1, -0.05) is 44.0 Å². The molecule has 3 nitrogen and oxygen atoms in total. The standard InChI is InChI=1S/C26H30Cl2FNO2S/c1-25(2,3)24(31)30(19-5-4-6-19)23-21(28)15-17(16-22(23)29)26(11-13-32-14-12-26)33-20-9-7-18(27)8-10-20/h7-10,15-16,19H,4-6,11-14H2,1-3H3. The van der Waals surface area contributed by atoms with Gasteiger partial charge in [0.25, 0.3) is 0 Å². The van der Waals surface area contributed by atoms with Crippen molar-refractivity contribution in [3.05, 3.63) is 57.8 Å². The summed E-state index contributed by atoms with van der Waals surface area (Å²) in [7, 11) is 0. The lowest BCUT2D eigenvalue weighted by molar-refractivity contribution is -0.126. The van der Waals surface area contributed by atoms with E-state index in [4.69, 9.17) is 27.9 Å². The molecule has 0 aromatic heterocycles. The zero-order valence-electron chi connectivity index (χ0n) is 19.3.